The molecule has 0 unspecified atom stereocenters. The molecule has 1 N–H and O–H groups in total. The smallest absolute Gasteiger partial charge is 0.335 e. The second kappa shape index (κ2) is 9.90. The predicted molar refractivity (Wildman–Crippen MR) is 95.0 cm³/mol. The van der Waals surface area contributed by atoms with Gasteiger partial charge in [-0.05, 0) is 29.5 Å². The summed E-state index contributed by atoms with van der Waals surface area (Å²) >= 11 is -0.750. The van der Waals surface area contributed by atoms with Crippen LogP contribution in [0.1, 0.15) is 25.8 Å². The van der Waals surface area contributed by atoms with E-state index in [0.717, 1.165) is 12.8 Å². The lowest BCUT2D eigenvalue weighted by molar-refractivity contribution is -0.130. The van der Waals surface area contributed by atoms with Crippen molar-refractivity contribution in [2.75, 3.05) is 6.61 Å². The highest BCUT2D eigenvalue weighted by Crippen LogP contribution is 2.25. The minimum absolute atomic E-state index is 0.0941. The summed E-state index contributed by atoms with van der Waals surface area (Å²) in [6.45, 7) is 3.41. The minimum atomic E-state index is -0.750. The molecule has 2 aromatic rings. The van der Waals surface area contributed by atoms with E-state index in [1.165, 1.54) is 16.7 Å². The van der Waals surface area contributed by atoms with Gasteiger partial charge in [0.25, 0.3) is 0 Å². The van der Waals surface area contributed by atoms with Crippen LogP contribution in [0.4, 0.5) is 0 Å². The van der Waals surface area contributed by atoms with Crippen molar-refractivity contribution in [2.24, 2.45) is 5.41 Å². The molecule has 0 radical (unpaired) electrons. The van der Waals surface area contributed by atoms with E-state index in [1.54, 1.807) is 0 Å². The maximum absolute atomic E-state index is 11.6. The number of aliphatic hydroxyl groups excluding tert-OH is 1. The lowest BCUT2D eigenvalue weighted by Gasteiger charge is -2.21. The molecule has 4 nitrogen and oxygen atoms in total. The quantitative estimate of drug-likeness (QED) is 0.872. The van der Waals surface area contributed by atoms with Gasteiger partial charge in [0.1, 0.15) is 6.61 Å². The van der Waals surface area contributed by atoms with E-state index < -0.39 is 17.0 Å². The van der Waals surface area contributed by atoms with Gasteiger partial charge in [-0.1, -0.05) is 68.4 Å². The molecule has 0 atom stereocenters. The summed E-state index contributed by atoms with van der Waals surface area (Å²) in [5, 5.41) is 8.98. The summed E-state index contributed by atoms with van der Waals surface area (Å²) in [6.07, 6.45) is 1.59. The molecular formula is C19H22O4S. The van der Waals surface area contributed by atoms with Gasteiger partial charge < -0.3 is 5.11 Å². The van der Waals surface area contributed by atoms with Gasteiger partial charge in [0.05, 0.1) is 0 Å². The fraction of sp³-hybridized carbons (Fsp3) is 0.316. The van der Waals surface area contributed by atoms with Crippen LogP contribution in [0, 0.1) is 5.41 Å². The standard InChI is InChI=1S/C19H22O2.O2S/c1-19(2,18(21)14-20)13-12-15-8-10-17(11-9-15)16-6-4-3-5-7-16;1-3-2/h3-11,20H,12-14H2,1-2H3;. The third kappa shape index (κ3) is 6.18. The summed E-state index contributed by atoms with van der Waals surface area (Å²) in [4.78, 5) is 11.6. The van der Waals surface area contributed by atoms with Gasteiger partial charge in [0.15, 0.2) is 5.78 Å². The van der Waals surface area contributed by atoms with E-state index in [0.29, 0.717) is 0 Å². The van der Waals surface area contributed by atoms with E-state index in [9.17, 15) is 4.79 Å². The first-order valence-electron chi connectivity index (χ1n) is 7.65. The SMILES string of the molecule is CC(C)(CCc1ccc(-c2ccccc2)cc1)C(=O)CO.O=S=O. The molecule has 0 heterocycles. The van der Waals surface area contributed by atoms with Crippen LogP contribution >= 0.6 is 0 Å². The monoisotopic (exact) mass is 346 g/mol. The number of rotatable bonds is 6. The second-order valence-electron chi connectivity index (χ2n) is 6.10. The maximum Gasteiger partial charge on any atom is 0.335 e. The summed E-state index contributed by atoms with van der Waals surface area (Å²) < 4.78 is 16.6. The summed E-state index contributed by atoms with van der Waals surface area (Å²) in [5.74, 6) is -0.0941. The van der Waals surface area contributed by atoms with Crippen LogP contribution in [0.5, 0.6) is 0 Å². The summed E-state index contributed by atoms with van der Waals surface area (Å²) in [6, 6.07) is 18.7. The largest absolute Gasteiger partial charge is 0.389 e. The van der Waals surface area contributed by atoms with Crippen molar-refractivity contribution >= 4 is 17.4 Å². The Morgan fingerprint density at radius 3 is 1.96 bits per heavy atom. The number of carbonyl (C=O) groups is 1. The molecule has 0 fully saturated rings. The zero-order chi connectivity index (χ0) is 18.0. The molecule has 0 aliphatic carbocycles. The molecule has 0 saturated carbocycles. The fourth-order valence-electron chi connectivity index (χ4n) is 2.30. The summed E-state index contributed by atoms with van der Waals surface area (Å²) in [5.41, 5.74) is 3.16. The average Bonchev–Trinajstić information content (AvgIpc) is 2.61. The molecule has 0 bridgehead atoms. The molecule has 2 rings (SSSR count). The Bertz CT molecular complexity index is 672. The van der Waals surface area contributed by atoms with E-state index >= 15 is 0 Å². The summed E-state index contributed by atoms with van der Waals surface area (Å²) in [7, 11) is 0. The molecule has 0 amide bonds. The van der Waals surface area contributed by atoms with Crippen molar-refractivity contribution in [3.8, 4) is 11.1 Å². The third-order valence-corrected chi connectivity index (χ3v) is 4.00. The first kappa shape index (κ1) is 19.9. The van der Waals surface area contributed by atoms with Crippen LogP contribution in [-0.2, 0) is 22.8 Å². The molecule has 0 aliphatic heterocycles. The lowest BCUT2D eigenvalue weighted by Crippen LogP contribution is -2.27. The molecule has 2 aromatic carbocycles. The first-order valence-corrected chi connectivity index (χ1v) is 8.31. The lowest BCUT2D eigenvalue weighted by atomic mass is 9.82. The van der Waals surface area contributed by atoms with Gasteiger partial charge in [-0.25, -0.2) is 0 Å². The normalized spacial score (nSPS) is 10.5. The second-order valence-corrected chi connectivity index (χ2v) is 6.23. The Labute approximate surface area is 146 Å². The van der Waals surface area contributed by atoms with Crippen molar-refractivity contribution in [2.45, 2.75) is 26.7 Å². The third-order valence-electron chi connectivity index (χ3n) is 4.00. The number of hydrogen-bond donors (Lipinski definition) is 1. The minimum Gasteiger partial charge on any atom is -0.389 e. The highest BCUT2D eigenvalue weighted by atomic mass is 32.1. The number of Topliss-reactive ketones (excluding diaryl/α,β-unsaturated/α-hetero) is 1. The highest BCUT2D eigenvalue weighted by Gasteiger charge is 2.25. The van der Waals surface area contributed by atoms with Crippen LogP contribution in [0.25, 0.3) is 11.1 Å². The van der Waals surface area contributed by atoms with Gasteiger partial charge in [0, 0.05) is 5.41 Å². The Kier molecular flexibility index (Phi) is 8.22. The number of ketones is 1. The average molecular weight is 346 g/mol. The van der Waals surface area contributed by atoms with E-state index in [2.05, 4.69) is 36.4 Å². The molecule has 128 valence electrons. The molecule has 0 spiro atoms. The van der Waals surface area contributed by atoms with Gasteiger partial charge in [-0.3, -0.25) is 4.79 Å². The fourth-order valence-corrected chi connectivity index (χ4v) is 2.30. The van der Waals surface area contributed by atoms with E-state index in [4.69, 9.17) is 13.5 Å². The molecular weight excluding hydrogens is 324 g/mol. The number of aryl methyl sites for hydroxylation is 1. The van der Waals surface area contributed by atoms with Gasteiger partial charge >= 0.3 is 11.6 Å². The zero-order valence-electron chi connectivity index (χ0n) is 13.9. The van der Waals surface area contributed by atoms with Gasteiger partial charge in [0.2, 0.25) is 0 Å². The Morgan fingerprint density at radius 2 is 1.46 bits per heavy atom. The van der Waals surface area contributed by atoms with Crippen molar-refractivity contribution in [3.63, 3.8) is 0 Å². The number of aliphatic hydroxyl groups is 1. The van der Waals surface area contributed by atoms with Crippen LogP contribution in [0.15, 0.2) is 54.6 Å². The Hall–Kier alpha value is -2.11. The van der Waals surface area contributed by atoms with Crippen molar-refractivity contribution in [1.82, 2.24) is 0 Å². The molecule has 0 saturated heterocycles. The Morgan fingerprint density at radius 1 is 0.958 bits per heavy atom. The van der Waals surface area contributed by atoms with E-state index in [1.807, 2.05) is 32.0 Å². The number of benzene rings is 2. The zero-order valence-corrected chi connectivity index (χ0v) is 14.7. The van der Waals surface area contributed by atoms with Gasteiger partial charge in [-0.2, -0.15) is 8.42 Å². The number of hydrogen-bond acceptors (Lipinski definition) is 4. The first-order chi connectivity index (χ1) is 11.4. The van der Waals surface area contributed by atoms with E-state index in [-0.39, 0.29) is 12.4 Å². The molecule has 0 aromatic heterocycles. The van der Waals surface area contributed by atoms with Crippen molar-refractivity contribution in [1.29, 1.82) is 0 Å². The van der Waals surface area contributed by atoms with Crippen LogP contribution < -0.4 is 0 Å². The maximum atomic E-state index is 11.6. The predicted octanol–water partition coefficient (Wildman–Crippen LogP) is 3.20. The van der Waals surface area contributed by atoms with Crippen molar-refractivity contribution < 1.29 is 18.3 Å². The highest BCUT2D eigenvalue weighted by molar-refractivity contribution is 7.51. The van der Waals surface area contributed by atoms with Crippen molar-refractivity contribution in [3.05, 3.63) is 60.2 Å². The van der Waals surface area contributed by atoms with Crippen LogP contribution in [-0.4, -0.2) is 25.9 Å². The topological polar surface area (TPSA) is 71.4 Å². The molecule has 24 heavy (non-hydrogen) atoms. The van der Waals surface area contributed by atoms with Crippen LogP contribution in [0.2, 0.25) is 0 Å². The van der Waals surface area contributed by atoms with Crippen LogP contribution in [0.3, 0.4) is 0 Å². The van der Waals surface area contributed by atoms with Gasteiger partial charge in [-0.15, -0.1) is 0 Å². The number of carbonyl (C=O) groups excluding carboxylic acids is 1. The Balaban J connectivity index is 0.000000891. The molecule has 0 aliphatic rings. The molecule has 5 heteroatoms.